The minimum Gasteiger partial charge on any atom is -0.293 e. The molecule has 1 aliphatic carbocycles. The zero-order valence-corrected chi connectivity index (χ0v) is 11.4. The number of hydrogen-bond acceptors (Lipinski definition) is 1. The molecule has 1 unspecified atom stereocenters. The second-order valence-electron chi connectivity index (χ2n) is 5.60. The number of carbonyl (C=O) groups is 1. The lowest BCUT2D eigenvalue weighted by Crippen LogP contribution is -2.07. The lowest BCUT2D eigenvalue weighted by Gasteiger charge is -2.12. The molecule has 1 aliphatic rings. The van der Waals surface area contributed by atoms with Crippen LogP contribution < -0.4 is 0 Å². The van der Waals surface area contributed by atoms with Gasteiger partial charge in [0.05, 0.1) is 5.92 Å². The van der Waals surface area contributed by atoms with E-state index in [9.17, 15) is 4.79 Å². The van der Waals surface area contributed by atoms with E-state index >= 15 is 0 Å². The van der Waals surface area contributed by atoms with Crippen molar-refractivity contribution in [3.8, 4) is 0 Å². The third-order valence-electron chi connectivity index (χ3n) is 4.00. The van der Waals surface area contributed by atoms with Gasteiger partial charge in [0.25, 0.3) is 0 Å². The van der Waals surface area contributed by atoms with E-state index in [-0.39, 0.29) is 11.7 Å². The Bertz CT molecular complexity index is 625. The van der Waals surface area contributed by atoms with Gasteiger partial charge in [-0.1, -0.05) is 62.4 Å². The Hall–Kier alpha value is -1.89. The van der Waals surface area contributed by atoms with Crippen molar-refractivity contribution in [3.05, 3.63) is 70.8 Å². The summed E-state index contributed by atoms with van der Waals surface area (Å²) in [4.78, 5) is 12.5. The minimum absolute atomic E-state index is 0.0103. The first-order valence-corrected chi connectivity index (χ1v) is 6.89. The molecule has 0 bridgehead atoms. The highest BCUT2D eigenvalue weighted by molar-refractivity contribution is 6.05. The fourth-order valence-electron chi connectivity index (χ4n) is 2.84. The van der Waals surface area contributed by atoms with E-state index in [1.54, 1.807) is 0 Å². The van der Waals surface area contributed by atoms with Crippen LogP contribution in [-0.4, -0.2) is 5.78 Å². The van der Waals surface area contributed by atoms with Gasteiger partial charge in [-0.25, -0.2) is 0 Å². The molecular formula is C18H18O. The van der Waals surface area contributed by atoms with Gasteiger partial charge in [-0.05, 0) is 29.0 Å². The van der Waals surface area contributed by atoms with Crippen LogP contribution in [0.15, 0.2) is 48.5 Å². The molecule has 0 amide bonds. The molecule has 0 saturated heterocycles. The SMILES string of the molecule is CC(C)c1cccc(C2Cc3ccccc3C2=O)c1. The van der Waals surface area contributed by atoms with Gasteiger partial charge < -0.3 is 0 Å². The topological polar surface area (TPSA) is 17.1 Å². The van der Waals surface area contributed by atoms with Crippen molar-refractivity contribution in [2.45, 2.75) is 32.1 Å². The Morgan fingerprint density at radius 1 is 1.05 bits per heavy atom. The first-order valence-electron chi connectivity index (χ1n) is 6.89. The quantitative estimate of drug-likeness (QED) is 0.775. The van der Waals surface area contributed by atoms with E-state index in [1.807, 2.05) is 18.2 Å². The van der Waals surface area contributed by atoms with Crippen LogP contribution >= 0.6 is 0 Å². The van der Waals surface area contributed by atoms with E-state index < -0.39 is 0 Å². The lowest BCUT2D eigenvalue weighted by atomic mass is 9.91. The number of benzene rings is 2. The highest BCUT2D eigenvalue weighted by atomic mass is 16.1. The fourth-order valence-corrected chi connectivity index (χ4v) is 2.84. The normalized spacial score (nSPS) is 17.8. The first-order chi connectivity index (χ1) is 9.16. The molecule has 96 valence electrons. The first kappa shape index (κ1) is 12.2. The smallest absolute Gasteiger partial charge is 0.170 e. The summed E-state index contributed by atoms with van der Waals surface area (Å²) < 4.78 is 0. The summed E-state index contributed by atoms with van der Waals surface area (Å²) in [5.74, 6) is 0.784. The molecule has 0 aromatic heterocycles. The monoisotopic (exact) mass is 250 g/mol. The molecule has 1 atom stereocenters. The van der Waals surface area contributed by atoms with Crippen LogP contribution in [0.5, 0.6) is 0 Å². The maximum atomic E-state index is 12.5. The van der Waals surface area contributed by atoms with Gasteiger partial charge >= 0.3 is 0 Å². The molecular weight excluding hydrogens is 232 g/mol. The molecule has 2 aromatic carbocycles. The van der Waals surface area contributed by atoms with Crippen molar-refractivity contribution in [1.29, 1.82) is 0 Å². The van der Waals surface area contributed by atoms with Gasteiger partial charge in [-0.2, -0.15) is 0 Å². The molecule has 19 heavy (non-hydrogen) atoms. The molecule has 0 fully saturated rings. The lowest BCUT2D eigenvalue weighted by molar-refractivity contribution is 0.0973. The molecule has 0 heterocycles. The highest BCUT2D eigenvalue weighted by Gasteiger charge is 2.31. The summed E-state index contributed by atoms with van der Waals surface area (Å²) in [5.41, 5.74) is 4.56. The van der Waals surface area contributed by atoms with Crippen molar-refractivity contribution in [3.63, 3.8) is 0 Å². The molecule has 3 rings (SSSR count). The summed E-state index contributed by atoms with van der Waals surface area (Å²) in [7, 11) is 0. The number of fused-ring (bicyclic) bond motifs is 1. The number of carbonyl (C=O) groups excluding carboxylic acids is 1. The molecule has 0 aliphatic heterocycles. The molecule has 0 radical (unpaired) electrons. The summed E-state index contributed by atoms with van der Waals surface area (Å²) in [5, 5.41) is 0. The van der Waals surface area contributed by atoms with Gasteiger partial charge in [0, 0.05) is 5.56 Å². The second-order valence-corrected chi connectivity index (χ2v) is 5.60. The third kappa shape index (κ3) is 2.10. The van der Waals surface area contributed by atoms with Crippen LogP contribution in [0, 0.1) is 0 Å². The van der Waals surface area contributed by atoms with Crippen LogP contribution in [-0.2, 0) is 6.42 Å². The van der Waals surface area contributed by atoms with Crippen molar-refractivity contribution < 1.29 is 4.79 Å². The molecule has 1 heteroatoms. The summed E-state index contributed by atoms with van der Waals surface area (Å²) in [6, 6.07) is 16.5. The van der Waals surface area contributed by atoms with Crippen LogP contribution in [0.25, 0.3) is 0 Å². The average Bonchev–Trinajstić information content (AvgIpc) is 2.77. The molecule has 1 nitrogen and oxygen atoms in total. The van der Waals surface area contributed by atoms with Crippen LogP contribution in [0.2, 0.25) is 0 Å². The molecule has 0 saturated carbocycles. The highest BCUT2D eigenvalue weighted by Crippen LogP contribution is 2.34. The fraction of sp³-hybridized carbons (Fsp3) is 0.278. The molecule has 2 aromatic rings. The minimum atomic E-state index is 0.0103. The molecule has 0 N–H and O–H groups in total. The Labute approximate surface area is 114 Å². The van der Waals surface area contributed by atoms with E-state index in [4.69, 9.17) is 0 Å². The summed E-state index contributed by atoms with van der Waals surface area (Å²) in [6.07, 6.45) is 0.844. The predicted molar refractivity (Wildman–Crippen MR) is 77.7 cm³/mol. The predicted octanol–water partition coefficient (Wildman–Crippen LogP) is 4.33. The zero-order valence-electron chi connectivity index (χ0n) is 11.4. The van der Waals surface area contributed by atoms with E-state index in [2.05, 4.69) is 44.2 Å². The number of ketones is 1. The van der Waals surface area contributed by atoms with Gasteiger partial charge in [0.2, 0.25) is 0 Å². The van der Waals surface area contributed by atoms with E-state index in [0.717, 1.165) is 17.5 Å². The van der Waals surface area contributed by atoms with Gasteiger partial charge in [0.15, 0.2) is 5.78 Å². The Kier molecular flexibility index (Phi) is 2.98. The largest absolute Gasteiger partial charge is 0.293 e. The Balaban J connectivity index is 1.97. The van der Waals surface area contributed by atoms with E-state index in [1.165, 1.54) is 11.1 Å². The van der Waals surface area contributed by atoms with Crippen molar-refractivity contribution in [1.82, 2.24) is 0 Å². The van der Waals surface area contributed by atoms with Crippen LogP contribution in [0.4, 0.5) is 0 Å². The van der Waals surface area contributed by atoms with Crippen LogP contribution in [0.1, 0.15) is 52.7 Å². The maximum absolute atomic E-state index is 12.5. The number of Topliss-reactive ketones (excluding diaryl/α,β-unsaturated/α-hetero) is 1. The summed E-state index contributed by atoms with van der Waals surface area (Å²) in [6.45, 7) is 4.37. The van der Waals surface area contributed by atoms with Crippen molar-refractivity contribution in [2.24, 2.45) is 0 Å². The van der Waals surface area contributed by atoms with E-state index in [0.29, 0.717) is 5.92 Å². The maximum Gasteiger partial charge on any atom is 0.170 e. The van der Waals surface area contributed by atoms with Crippen molar-refractivity contribution >= 4 is 5.78 Å². The Morgan fingerprint density at radius 2 is 1.84 bits per heavy atom. The van der Waals surface area contributed by atoms with Crippen LogP contribution in [0.3, 0.4) is 0 Å². The Morgan fingerprint density at radius 3 is 2.58 bits per heavy atom. The number of rotatable bonds is 2. The number of hydrogen-bond donors (Lipinski definition) is 0. The molecule has 0 spiro atoms. The third-order valence-corrected chi connectivity index (χ3v) is 4.00. The second kappa shape index (κ2) is 4.65. The zero-order chi connectivity index (χ0) is 13.4. The van der Waals surface area contributed by atoms with Gasteiger partial charge in [0.1, 0.15) is 0 Å². The average molecular weight is 250 g/mol. The van der Waals surface area contributed by atoms with Gasteiger partial charge in [-0.3, -0.25) is 4.79 Å². The van der Waals surface area contributed by atoms with Gasteiger partial charge in [-0.15, -0.1) is 0 Å². The standard InChI is InChI=1S/C18H18O/c1-12(2)13-7-5-8-14(10-13)17-11-15-6-3-4-9-16(15)18(17)19/h3-10,12,17H,11H2,1-2H3. The summed E-state index contributed by atoms with van der Waals surface area (Å²) >= 11 is 0. The van der Waals surface area contributed by atoms with Crippen molar-refractivity contribution in [2.75, 3.05) is 0 Å².